The number of carbonyl (C=O) groups excluding carboxylic acids is 1. The number of aliphatic hydroxyl groups excluding tert-OH is 2. The number of aliphatic hydroxyl groups is 2. The second kappa shape index (κ2) is 9.96. The Morgan fingerprint density at radius 1 is 1.29 bits per heavy atom. The van der Waals surface area contributed by atoms with E-state index in [2.05, 4.69) is 4.98 Å². The van der Waals surface area contributed by atoms with Gasteiger partial charge in [0, 0.05) is 33.8 Å². The predicted molar refractivity (Wildman–Crippen MR) is 133 cm³/mol. The maximum Gasteiger partial charge on any atom is 0.288 e. The van der Waals surface area contributed by atoms with Crippen LogP contribution in [0.5, 0.6) is 5.75 Å². The van der Waals surface area contributed by atoms with Gasteiger partial charge in [0.15, 0.2) is 10.7 Å². The Balaban J connectivity index is 1.80. The van der Waals surface area contributed by atoms with Gasteiger partial charge >= 0.3 is 0 Å². The molecule has 0 radical (unpaired) electrons. The summed E-state index contributed by atoms with van der Waals surface area (Å²) in [7, 11) is 1.42. The highest BCUT2D eigenvalue weighted by atomic mass is 35.5. The summed E-state index contributed by atoms with van der Waals surface area (Å²) >= 11 is 7.42. The molecule has 0 atom stereocenters. The SMILES string of the molecule is COc1cc(C(=O)/C=C/c2c(-c3ccc(Cl)c([N+](=O)[O-])c3)nc3sc(C)cn23)cc(CO)c1CO. The van der Waals surface area contributed by atoms with Crippen molar-refractivity contribution in [2.75, 3.05) is 7.11 Å². The lowest BCUT2D eigenvalue weighted by atomic mass is 10.0. The van der Waals surface area contributed by atoms with Gasteiger partial charge in [-0.25, -0.2) is 4.98 Å². The molecule has 35 heavy (non-hydrogen) atoms. The minimum absolute atomic E-state index is 0.0165. The second-order valence-electron chi connectivity index (χ2n) is 7.59. The first-order valence-electron chi connectivity index (χ1n) is 10.3. The van der Waals surface area contributed by atoms with Gasteiger partial charge in [-0.15, -0.1) is 11.3 Å². The Labute approximate surface area is 208 Å². The van der Waals surface area contributed by atoms with Gasteiger partial charge in [-0.2, -0.15) is 0 Å². The third kappa shape index (κ3) is 4.69. The van der Waals surface area contributed by atoms with E-state index in [0.717, 1.165) is 4.88 Å². The highest BCUT2D eigenvalue weighted by Crippen LogP contribution is 2.34. The number of fused-ring (bicyclic) bond motifs is 1. The molecule has 0 unspecified atom stereocenters. The smallest absolute Gasteiger partial charge is 0.288 e. The number of nitro groups is 1. The lowest BCUT2D eigenvalue weighted by Crippen LogP contribution is -2.04. The number of ketones is 1. The molecule has 0 saturated heterocycles. The van der Waals surface area contributed by atoms with E-state index in [1.165, 1.54) is 48.8 Å². The molecule has 0 aliphatic carbocycles. The summed E-state index contributed by atoms with van der Waals surface area (Å²) in [6.45, 7) is 1.22. The van der Waals surface area contributed by atoms with Crippen molar-refractivity contribution in [1.82, 2.24) is 9.38 Å². The van der Waals surface area contributed by atoms with E-state index in [4.69, 9.17) is 16.3 Å². The van der Waals surface area contributed by atoms with E-state index in [9.17, 15) is 25.1 Å². The zero-order chi connectivity index (χ0) is 25.3. The van der Waals surface area contributed by atoms with Crippen molar-refractivity contribution in [1.29, 1.82) is 0 Å². The monoisotopic (exact) mass is 513 g/mol. The van der Waals surface area contributed by atoms with Gasteiger partial charge in [-0.1, -0.05) is 17.7 Å². The zero-order valence-electron chi connectivity index (χ0n) is 18.7. The largest absolute Gasteiger partial charge is 0.496 e. The van der Waals surface area contributed by atoms with E-state index < -0.39 is 4.92 Å². The topological polar surface area (TPSA) is 127 Å². The fourth-order valence-electron chi connectivity index (χ4n) is 3.74. The molecule has 180 valence electrons. The number of hydrogen-bond acceptors (Lipinski definition) is 8. The number of methoxy groups -OCH3 is 1. The first-order valence-corrected chi connectivity index (χ1v) is 11.5. The van der Waals surface area contributed by atoms with Crippen molar-refractivity contribution < 1.29 is 24.7 Å². The van der Waals surface area contributed by atoms with Crippen LogP contribution in [-0.2, 0) is 13.2 Å². The third-order valence-electron chi connectivity index (χ3n) is 5.42. The van der Waals surface area contributed by atoms with Gasteiger partial charge in [0.05, 0.1) is 36.6 Å². The summed E-state index contributed by atoms with van der Waals surface area (Å²) in [6, 6.07) is 7.44. The molecule has 0 aliphatic rings. The number of hydrogen-bond donors (Lipinski definition) is 2. The van der Waals surface area contributed by atoms with Crippen molar-refractivity contribution in [3.63, 3.8) is 0 Å². The molecular formula is C24H20ClN3O6S. The van der Waals surface area contributed by atoms with Crippen LogP contribution in [0.25, 0.3) is 22.3 Å². The fraction of sp³-hybridized carbons (Fsp3) is 0.167. The molecule has 2 heterocycles. The number of allylic oxidation sites excluding steroid dienone is 1. The summed E-state index contributed by atoms with van der Waals surface area (Å²) in [5.74, 6) is -0.0670. The van der Waals surface area contributed by atoms with Crippen molar-refractivity contribution in [2.45, 2.75) is 20.1 Å². The molecule has 0 amide bonds. The molecule has 0 saturated carbocycles. The number of halogens is 1. The number of benzene rings is 2. The molecule has 9 nitrogen and oxygen atoms in total. The summed E-state index contributed by atoms with van der Waals surface area (Å²) in [5, 5.41) is 30.6. The van der Waals surface area contributed by atoms with E-state index in [1.54, 1.807) is 12.1 Å². The van der Waals surface area contributed by atoms with E-state index in [1.807, 2.05) is 17.5 Å². The van der Waals surface area contributed by atoms with Gasteiger partial charge in [-0.05, 0) is 42.8 Å². The Kier molecular flexibility index (Phi) is 6.99. The normalized spacial score (nSPS) is 11.5. The van der Waals surface area contributed by atoms with Crippen LogP contribution in [0.3, 0.4) is 0 Å². The first-order chi connectivity index (χ1) is 16.8. The zero-order valence-corrected chi connectivity index (χ0v) is 20.3. The number of ether oxygens (including phenoxy) is 1. The van der Waals surface area contributed by atoms with Crippen LogP contribution in [0.15, 0.2) is 42.6 Å². The predicted octanol–water partition coefficient (Wildman–Crippen LogP) is 4.82. The van der Waals surface area contributed by atoms with Gasteiger partial charge in [-0.3, -0.25) is 19.3 Å². The molecule has 0 fully saturated rings. The number of aryl methyl sites for hydroxylation is 1. The molecular weight excluding hydrogens is 494 g/mol. The molecule has 11 heteroatoms. The van der Waals surface area contributed by atoms with Crippen LogP contribution >= 0.6 is 22.9 Å². The van der Waals surface area contributed by atoms with Crippen molar-refractivity contribution >= 4 is 45.4 Å². The van der Waals surface area contributed by atoms with Crippen molar-refractivity contribution in [2.24, 2.45) is 0 Å². The summed E-state index contributed by atoms with van der Waals surface area (Å²) in [5.41, 5.74) is 2.34. The Morgan fingerprint density at radius 2 is 2.06 bits per heavy atom. The van der Waals surface area contributed by atoms with Gasteiger partial charge in [0.2, 0.25) is 0 Å². The molecule has 2 aromatic carbocycles. The molecule has 2 aromatic heterocycles. The third-order valence-corrected chi connectivity index (χ3v) is 6.64. The lowest BCUT2D eigenvalue weighted by molar-refractivity contribution is -0.384. The summed E-state index contributed by atoms with van der Waals surface area (Å²) < 4.78 is 7.09. The maximum absolute atomic E-state index is 13.0. The molecule has 0 aliphatic heterocycles. The Morgan fingerprint density at radius 3 is 2.71 bits per heavy atom. The van der Waals surface area contributed by atoms with Crippen LogP contribution in [0.2, 0.25) is 5.02 Å². The van der Waals surface area contributed by atoms with Crippen LogP contribution in [0, 0.1) is 17.0 Å². The Hall–Kier alpha value is -3.57. The van der Waals surface area contributed by atoms with E-state index >= 15 is 0 Å². The van der Waals surface area contributed by atoms with Gasteiger partial charge in [0.1, 0.15) is 10.8 Å². The quantitative estimate of drug-likeness (QED) is 0.149. The average molecular weight is 514 g/mol. The fourth-order valence-corrected chi connectivity index (χ4v) is 4.76. The molecule has 2 N–H and O–H groups in total. The summed E-state index contributed by atoms with van der Waals surface area (Å²) in [4.78, 5) is 30.1. The van der Waals surface area contributed by atoms with E-state index in [0.29, 0.717) is 38.8 Å². The van der Waals surface area contributed by atoms with Gasteiger partial charge in [0.25, 0.3) is 5.69 Å². The van der Waals surface area contributed by atoms with Crippen molar-refractivity contribution in [3.05, 3.63) is 85.0 Å². The van der Waals surface area contributed by atoms with Crippen LogP contribution in [0.1, 0.15) is 32.1 Å². The Bertz CT molecular complexity index is 1470. The first kappa shape index (κ1) is 24.6. The van der Waals surface area contributed by atoms with Crippen LogP contribution in [0.4, 0.5) is 5.69 Å². The van der Waals surface area contributed by atoms with Crippen molar-refractivity contribution in [3.8, 4) is 17.0 Å². The standard InChI is InChI=1S/C24H20ClN3O6S/c1-13-10-27-19(5-6-21(31)15-7-16(11-29)17(12-30)22(9-15)34-2)23(26-24(27)35-13)14-3-4-18(25)20(8-14)28(32)33/h3-10,29-30H,11-12H2,1-2H3/b6-5+. The second-order valence-corrected chi connectivity index (χ2v) is 9.21. The number of imidazole rings is 1. The number of aromatic nitrogens is 2. The molecule has 4 aromatic rings. The lowest BCUT2D eigenvalue weighted by Gasteiger charge is -2.12. The molecule has 0 bridgehead atoms. The number of thiazole rings is 1. The number of carbonyl (C=O) groups is 1. The van der Waals surface area contributed by atoms with Crippen LogP contribution in [-0.4, -0.2) is 37.4 Å². The number of rotatable bonds is 8. The van der Waals surface area contributed by atoms with Crippen LogP contribution < -0.4 is 4.74 Å². The average Bonchev–Trinajstić information content (AvgIpc) is 3.37. The maximum atomic E-state index is 13.0. The molecule has 4 rings (SSSR count). The van der Waals surface area contributed by atoms with Gasteiger partial charge < -0.3 is 14.9 Å². The number of nitrogens with zero attached hydrogens (tertiary/aromatic N) is 3. The summed E-state index contributed by atoms with van der Waals surface area (Å²) in [6.07, 6.45) is 4.82. The number of nitro benzene ring substituents is 1. The highest BCUT2D eigenvalue weighted by Gasteiger charge is 2.20. The highest BCUT2D eigenvalue weighted by molar-refractivity contribution is 7.17. The van der Waals surface area contributed by atoms with E-state index in [-0.39, 0.29) is 35.3 Å². The minimum Gasteiger partial charge on any atom is -0.496 e. The minimum atomic E-state index is -0.560. The molecule has 0 spiro atoms.